The maximum atomic E-state index is 14.1. The van der Waals surface area contributed by atoms with Gasteiger partial charge in [0.25, 0.3) is 5.91 Å². The van der Waals surface area contributed by atoms with Crippen LogP contribution in [0.4, 0.5) is 27.4 Å². The first-order valence-corrected chi connectivity index (χ1v) is 10.5. The third kappa shape index (κ3) is 4.69. The Morgan fingerprint density at radius 2 is 1.68 bits per heavy atom. The standard InChI is InChI=1S/C21H21BrFN7O/c22-15-7-5-14(6-8-15)21(31)28-27-19-18(24)20(26-13-25-19)30-11-9-29(10-12-30)17-4-2-1-3-16(17)23/h1-8,13H,9-12,24H2,(H,28,31)(H,25,26,27). The van der Waals surface area contributed by atoms with Crippen molar-refractivity contribution in [1.29, 1.82) is 0 Å². The van der Waals surface area contributed by atoms with Crippen LogP contribution in [-0.2, 0) is 0 Å². The van der Waals surface area contributed by atoms with Gasteiger partial charge < -0.3 is 15.5 Å². The van der Waals surface area contributed by atoms with Gasteiger partial charge >= 0.3 is 0 Å². The summed E-state index contributed by atoms with van der Waals surface area (Å²) in [5.74, 6) is 0.339. The van der Waals surface area contributed by atoms with E-state index in [-0.39, 0.29) is 11.7 Å². The number of benzene rings is 2. The largest absolute Gasteiger partial charge is 0.393 e. The average molecular weight is 486 g/mol. The lowest BCUT2D eigenvalue weighted by molar-refractivity contribution is 0.0962. The Hall–Kier alpha value is -3.40. The number of anilines is 4. The molecule has 2 aromatic carbocycles. The summed E-state index contributed by atoms with van der Waals surface area (Å²) in [5.41, 5.74) is 13.1. The van der Waals surface area contributed by atoms with Crippen LogP contribution in [-0.4, -0.2) is 42.1 Å². The van der Waals surface area contributed by atoms with E-state index in [4.69, 9.17) is 5.73 Å². The Labute approximate surface area is 187 Å². The van der Waals surface area contributed by atoms with Gasteiger partial charge in [-0.05, 0) is 36.4 Å². The molecule has 1 aliphatic rings. The van der Waals surface area contributed by atoms with Crippen molar-refractivity contribution in [1.82, 2.24) is 15.4 Å². The number of halogens is 2. The van der Waals surface area contributed by atoms with Crippen LogP contribution in [0.15, 0.2) is 59.3 Å². The first-order valence-electron chi connectivity index (χ1n) is 9.70. The number of rotatable bonds is 5. The van der Waals surface area contributed by atoms with Crippen LogP contribution in [0.3, 0.4) is 0 Å². The van der Waals surface area contributed by atoms with E-state index < -0.39 is 0 Å². The van der Waals surface area contributed by atoms with Crippen LogP contribution < -0.4 is 26.4 Å². The van der Waals surface area contributed by atoms with E-state index in [1.807, 2.05) is 15.9 Å². The smallest absolute Gasteiger partial charge is 0.269 e. The Morgan fingerprint density at radius 1 is 1.00 bits per heavy atom. The van der Waals surface area contributed by atoms with Gasteiger partial charge in [-0.1, -0.05) is 28.1 Å². The molecule has 1 saturated heterocycles. The number of amides is 1. The molecule has 0 radical (unpaired) electrons. The van der Waals surface area contributed by atoms with Gasteiger partial charge in [-0.15, -0.1) is 0 Å². The molecule has 3 aromatic rings. The molecule has 4 rings (SSSR count). The van der Waals surface area contributed by atoms with Crippen molar-refractivity contribution >= 4 is 44.8 Å². The quantitative estimate of drug-likeness (QED) is 0.477. The second-order valence-corrected chi connectivity index (χ2v) is 7.89. The number of nitrogens with zero attached hydrogens (tertiary/aromatic N) is 4. The van der Waals surface area contributed by atoms with Gasteiger partial charge in [-0.25, -0.2) is 14.4 Å². The first kappa shape index (κ1) is 20.9. The predicted molar refractivity (Wildman–Crippen MR) is 123 cm³/mol. The maximum Gasteiger partial charge on any atom is 0.269 e. The zero-order valence-electron chi connectivity index (χ0n) is 16.6. The van der Waals surface area contributed by atoms with Gasteiger partial charge in [0, 0.05) is 36.2 Å². The Morgan fingerprint density at radius 3 is 2.39 bits per heavy atom. The molecule has 8 nitrogen and oxygen atoms in total. The molecule has 1 fully saturated rings. The van der Waals surface area contributed by atoms with Gasteiger partial charge in [0.15, 0.2) is 11.6 Å². The SMILES string of the molecule is Nc1c(NNC(=O)c2ccc(Br)cc2)ncnc1N1CCN(c2ccccc2F)CC1. The first-order chi connectivity index (χ1) is 15.0. The molecule has 1 aromatic heterocycles. The minimum Gasteiger partial charge on any atom is -0.393 e. The summed E-state index contributed by atoms with van der Waals surface area (Å²) in [7, 11) is 0. The monoisotopic (exact) mass is 485 g/mol. The maximum absolute atomic E-state index is 14.1. The topological polar surface area (TPSA) is 99.4 Å². The highest BCUT2D eigenvalue weighted by molar-refractivity contribution is 9.10. The van der Waals surface area contributed by atoms with Crippen molar-refractivity contribution < 1.29 is 9.18 Å². The highest BCUT2D eigenvalue weighted by atomic mass is 79.9. The number of carbonyl (C=O) groups is 1. The van der Waals surface area contributed by atoms with Gasteiger partial charge in [0.05, 0.1) is 5.69 Å². The van der Waals surface area contributed by atoms with E-state index >= 15 is 0 Å². The second kappa shape index (κ2) is 9.17. The van der Waals surface area contributed by atoms with Crippen molar-refractivity contribution in [2.75, 3.05) is 47.1 Å². The summed E-state index contributed by atoms with van der Waals surface area (Å²) in [6.45, 7) is 2.52. The zero-order chi connectivity index (χ0) is 21.8. The van der Waals surface area contributed by atoms with Gasteiger partial charge in [-0.3, -0.25) is 15.6 Å². The number of aromatic nitrogens is 2. The second-order valence-electron chi connectivity index (χ2n) is 6.97. The number of nitrogens with two attached hydrogens (primary N) is 1. The molecule has 0 aliphatic carbocycles. The van der Waals surface area contributed by atoms with Gasteiger partial charge in [-0.2, -0.15) is 0 Å². The van der Waals surface area contributed by atoms with E-state index in [0.717, 1.165) is 4.47 Å². The molecular weight excluding hydrogens is 465 g/mol. The number of nitrogens with one attached hydrogen (secondary N) is 2. The minimum absolute atomic E-state index is 0.231. The van der Waals surface area contributed by atoms with Crippen LogP contribution in [0, 0.1) is 5.82 Å². The van der Waals surface area contributed by atoms with Crippen LogP contribution in [0.25, 0.3) is 0 Å². The normalized spacial score (nSPS) is 13.7. The fourth-order valence-electron chi connectivity index (χ4n) is 3.39. The van der Waals surface area contributed by atoms with Crippen LogP contribution in [0.2, 0.25) is 0 Å². The average Bonchev–Trinajstić information content (AvgIpc) is 2.79. The van der Waals surface area contributed by atoms with Crippen LogP contribution in [0.5, 0.6) is 0 Å². The van der Waals surface area contributed by atoms with Crippen molar-refractivity contribution in [2.45, 2.75) is 0 Å². The number of piperazine rings is 1. The molecule has 4 N–H and O–H groups in total. The molecule has 10 heteroatoms. The highest BCUT2D eigenvalue weighted by Crippen LogP contribution is 2.28. The zero-order valence-corrected chi connectivity index (χ0v) is 18.1. The molecule has 2 heterocycles. The molecular formula is C21H21BrFN7O. The lowest BCUT2D eigenvalue weighted by Gasteiger charge is -2.37. The Kier molecular flexibility index (Phi) is 6.17. The fraction of sp³-hybridized carbons (Fsp3) is 0.190. The molecule has 0 saturated carbocycles. The Bertz CT molecular complexity index is 1070. The molecule has 1 aliphatic heterocycles. The predicted octanol–water partition coefficient (Wildman–Crippen LogP) is 3.04. The molecule has 0 unspecified atom stereocenters. The van der Waals surface area contributed by atoms with Crippen molar-refractivity contribution in [3.05, 3.63) is 70.7 Å². The number of hydrazine groups is 1. The molecule has 1 amide bonds. The van der Waals surface area contributed by atoms with Crippen LogP contribution in [0.1, 0.15) is 10.4 Å². The third-order valence-corrected chi connectivity index (χ3v) is 5.56. The summed E-state index contributed by atoms with van der Waals surface area (Å²) in [6, 6.07) is 13.7. The van der Waals surface area contributed by atoms with E-state index in [9.17, 15) is 9.18 Å². The molecule has 160 valence electrons. The minimum atomic E-state index is -0.314. The van der Waals surface area contributed by atoms with E-state index in [2.05, 4.69) is 36.7 Å². The van der Waals surface area contributed by atoms with Crippen molar-refractivity contribution in [3.8, 4) is 0 Å². The van der Waals surface area contributed by atoms with E-state index in [1.165, 1.54) is 12.4 Å². The number of hydrogen-bond acceptors (Lipinski definition) is 7. The Balaban J connectivity index is 1.40. The van der Waals surface area contributed by atoms with Gasteiger partial charge in [0.1, 0.15) is 17.8 Å². The highest BCUT2D eigenvalue weighted by Gasteiger charge is 2.23. The fourth-order valence-corrected chi connectivity index (χ4v) is 3.66. The summed E-state index contributed by atoms with van der Waals surface area (Å²) in [5, 5.41) is 0. The molecule has 31 heavy (non-hydrogen) atoms. The number of para-hydroxylation sites is 1. The molecule has 0 spiro atoms. The van der Waals surface area contributed by atoms with Crippen molar-refractivity contribution in [3.63, 3.8) is 0 Å². The number of hydrogen-bond donors (Lipinski definition) is 3. The summed E-state index contributed by atoms with van der Waals surface area (Å²) in [4.78, 5) is 24.8. The summed E-state index contributed by atoms with van der Waals surface area (Å²) >= 11 is 3.34. The van der Waals surface area contributed by atoms with Crippen LogP contribution >= 0.6 is 15.9 Å². The van der Waals surface area contributed by atoms with E-state index in [1.54, 1.807) is 36.4 Å². The van der Waals surface area contributed by atoms with Gasteiger partial charge in [0.2, 0.25) is 0 Å². The van der Waals surface area contributed by atoms with Crippen molar-refractivity contribution in [2.24, 2.45) is 0 Å². The summed E-state index contributed by atoms with van der Waals surface area (Å²) < 4.78 is 14.9. The third-order valence-electron chi connectivity index (χ3n) is 5.04. The van der Waals surface area contributed by atoms with E-state index in [0.29, 0.717) is 54.8 Å². The lowest BCUT2D eigenvalue weighted by atomic mass is 10.2. The lowest BCUT2D eigenvalue weighted by Crippen LogP contribution is -2.47. The molecule has 0 atom stereocenters. The molecule has 0 bridgehead atoms. The summed E-state index contributed by atoms with van der Waals surface area (Å²) in [6.07, 6.45) is 1.39. The number of carbonyl (C=O) groups excluding carboxylic acids is 1. The number of nitrogen functional groups attached to an aromatic ring is 1.